The van der Waals surface area contributed by atoms with Gasteiger partial charge >= 0.3 is 0 Å². The number of nitrogens with zero attached hydrogens (tertiary/aromatic N) is 3. The van der Waals surface area contributed by atoms with E-state index in [1.165, 1.54) is 4.68 Å². The van der Waals surface area contributed by atoms with Gasteiger partial charge in [0.05, 0.1) is 24.2 Å². The maximum absolute atomic E-state index is 13.1. The van der Waals surface area contributed by atoms with Gasteiger partial charge in [0.25, 0.3) is 5.56 Å². The molecule has 6 nitrogen and oxygen atoms in total. The lowest BCUT2D eigenvalue weighted by Gasteiger charge is -2.14. The number of aromatic nitrogens is 2. The van der Waals surface area contributed by atoms with Gasteiger partial charge in [-0.3, -0.25) is 4.79 Å². The number of allylic oxidation sites excluding steroid dienone is 1. The molecular weight excluding hydrogens is 458 g/mol. The van der Waals surface area contributed by atoms with Crippen molar-refractivity contribution in [3.8, 4) is 11.5 Å². The molecule has 0 aliphatic rings. The fourth-order valence-corrected chi connectivity index (χ4v) is 3.55. The average Bonchev–Trinajstić information content (AvgIpc) is 2.77. The van der Waals surface area contributed by atoms with Crippen LogP contribution in [0.15, 0.2) is 70.0 Å². The molecule has 0 saturated carbocycles. The summed E-state index contributed by atoms with van der Waals surface area (Å²) >= 11 is 3.41. The molecule has 31 heavy (non-hydrogen) atoms. The summed E-state index contributed by atoms with van der Waals surface area (Å²) in [6.45, 7) is 9.81. The van der Waals surface area contributed by atoms with Gasteiger partial charge in [0.1, 0.15) is 12.4 Å². The lowest BCUT2D eigenvalue weighted by molar-refractivity contribution is 0.323. The fourth-order valence-electron chi connectivity index (χ4n) is 3.19. The van der Waals surface area contributed by atoms with Crippen molar-refractivity contribution in [3.63, 3.8) is 0 Å². The molecule has 2 aromatic carbocycles. The molecule has 0 bridgehead atoms. The number of fused-ring (bicyclic) bond motifs is 1. The Balaban J connectivity index is 2.10. The number of benzene rings is 2. The Morgan fingerprint density at radius 2 is 2.03 bits per heavy atom. The molecule has 3 aromatic rings. The van der Waals surface area contributed by atoms with Crippen LogP contribution < -0.4 is 15.0 Å². The molecule has 0 spiro atoms. The minimum atomic E-state index is -0.219. The molecule has 7 heteroatoms. The number of rotatable bonds is 9. The molecule has 0 atom stereocenters. The first kappa shape index (κ1) is 22.5. The van der Waals surface area contributed by atoms with Crippen molar-refractivity contribution in [2.75, 3.05) is 13.7 Å². The summed E-state index contributed by atoms with van der Waals surface area (Å²) in [5.41, 5.74) is 2.10. The fraction of sp³-hybridized carbons (Fsp3) is 0.208. The van der Waals surface area contributed by atoms with E-state index in [2.05, 4.69) is 39.2 Å². The lowest BCUT2D eigenvalue weighted by atomic mass is 10.1. The zero-order valence-electron chi connectivity index (χ0n) is 17.6. The van der Waals surface area contributed by atoms with Crippen molar-refractivity contribution in [2.24, 2.45) is 5.10 Å². The van der Waals surface area contributed by atoms with E-state index in [0.717, 1.165) is 15.6 Å². The topological polar surface area (TPSA) is 65.7 Å². The van der Waals surface area contributed by atoms with Gasteiger partial charge in [0.15, 0.2) is 11.5 Å². The molecule has 1 aromatic heterocycles. The van der Waals surface area contributed by atoms with E-state index >= 15 is 0 Å². The summed E-state index contributed by atoms with van der Waals surface area (Å²) < 4.78 is 13.5. The zero-order chi connectivity index (χ0) is 22.4. The van der Waals surface area contributed by atoms with Crippen LogP contribution >= 0.6 is 15.9 Å². The SMILES string of the molecule is C=CCOc1c(CC=C)cc(C=Nn2c(CC)nc3ccc(Br)cc3c2=O)cc1OC. The third-order valence-electron chi connectivity index (χ3n) is 4.60. The molecule has 0 saturated heterocycles. The number of hydrogen-bond donors (Lipinski definition) is 0. The summed E-state index contributed by atoms with van der Waals surface area (Å²) in [6, 6.07) is 9.20. The molecule has 0 fully saturated rings. The minimum absolute atomic E-state index is 0.219. The van der Waals surface area contributed by atoms with Crippen molar-refractivity contribution in [1.29, 1.82) is 0 Å². The number of halogens is 1. The summed E-state index contributed by atoms with van der Waals surface area (Å²) in [7, 11) is 1.58. The predicted octanol–water partition coefficient (Wildman–Crippen LogP) is 4.91. The van der Waals surface area contributed by atoms with Crippen LogP contribution in [0, 0.1) is 0 Å². The highest BCUT2D eigenvalue weighted by Crippen LogP contribution is 2.33. The van der Waals surface area contributed by atoms with Crippen LogP contribution in [0.2, 0.25) is 0 Å². The van der Waals surface area contributed by atoms with E-state index in [0.29, 0.717) is 47.7 Å². The molecule has 0 aliphatic heterocycles. The Morgan fingerprint density at radius 3 is 2.71 bits per heavy atom. The Labute approximate surface area is 189 Å². The van der Waals surface area contributed by atoms with Crippen LogP contribution in [0.1, 0.15) is 23.9 Å². The number of ether oxygens (including phenoxy) is 2. The molecule has 0 amide bonds. The van der Waals surface area contributed by atoms with Crippen molar-refractivity contribution >= 4 is 33.0 Å². The second-order valence-electron chi connectivity index (χ2n) is 6.71. The van der Waals surface area contributed by atoms with Gasteiger partial charge in [-0.2, -0.15) is 9.78 Å². The molecule has 160 valence electrons. The van der Waals surface area contributed by atoms with Gasteiger partial charge in [-0.1, -0.05) is 41.6 Å². The molecule has 0 radical (unpaired) electrons. The molecule has 0 unspecified atom stereocenters. The van der Waals surface area contributed by atoms with Crippen LogP contribution in [0.5, 0.6) is 11.5 Å². The largest absolute Gasteiger partial charge is 0.493 e. The Hall–Kier alpha value is -3.19. The van der Waals surface area contributed by atoms with Crippen molar-refractivity contribution in [1.82, 2.24) is 9.66 Å². The van der Waals surface area contributed by atoms with Crippen molar-refractivity contribution < 1.29 is 9.47 Å². The highest BCUT2D eigenvalue weighted by Gasteiger charge is 2.13. The number of methoxy groups -OCH3 is 1. The monoisotopic (exact) mass is 481 g/mol. The minimum Gasteiger partial charge on any atom is -0.493 e. The van der Waals surface area contributed by atoms with Gasteiger partial charge < -0.3 is 9.47 Å². The van der Waals surface area contributed by atoms with Gasteiger partial charge in [-0.05, 0) is 42.3 Å². The first-order valence-corrected chi connectivity index (χ1v) is 10.6. The standard InChI is InChI=1S/C24H24BrN3O3/c1-5-8-17-12-16(13-21(30-4)23(17)31-11-6-2)15-26-28-22(7-3)27-20-10-9-18(25)14-19(20)24(28)29/h5-6,9-10,12-15H,1-2,7-8,11H2,3-4H3. The molecular formula is C24H24BrN3O3. The maximum Gasteiger partial charge on any atom is 0.282 e. The number of hydrogen-bond acceptors (Lipinski definition) is 5. The molecule has 0 N–H and O–H groups in total. The third kappa shape index (κ3) is 4.94. The van der Waals surface area contributed by atoms with Gasteiger partial charge in [0, 0.05) is 16.5 Å². The summed E-state index contributed by atoms with van der Waals surface area (Å²) in [5.74, 6) is 1.80. The van der Waals surface area contributed by atoms with E-state index in [-0.39, 0.29) is 5.56 Å². The van der Waals surface area contributed by atoms with Crippen LogP contribution in [-0.4, -0.2) is 29.6 Å². The van der Waals surface area contributed by atoms with Crippen molar-refractivity contribution in [2.45, 2.75) is 19.8 Å². The first-order valence-electron chi connectivity index (χ1n) is 9.83. The van der Waals surface area contributed by atoms with E-state index in [1.807, 2.05) is 31.2 Å². The summed E-state index contributed by atoms with van der Waals surface area (Å²) in [6.07, 6.45) is 6.25. The van der Waals surface area contributed by atoms with Gasteiger partial charge in [-0.15, -0.1) is 6.58 Å². The van der Waals surface area contributed by atoms with Crippen LogP contribution in [-0.2, 0) is 12.8 Å². The molecule has 1 heterocycles. The Kier molecular flexibility index (Phi) is 7.41. The van der Waals surface area contributed by atoms with Crippen molar-refractivity contribution in [3.05, 3.63) is 87.4 Å². The third-order valence-corrected chi connectivity index (χ3v) is 5.09. The van der Waals surface area contributed by atoms with E-state index < -0.39 is 0 Å². The van der Waals surface area contributed by atoms with Crippen LogP contribution in [0.3, 0.4) is 0 Å². The Bertz CT molecular complexity index is 1210. The summed E-state index contributed by atoms with van der Waals surface area (Å²) in [5, 5.41) is 4.96. The summed E-state index contributed by atoms with van der Waals surface area (Å²) in [4.78, 5) is 17.7. The molecule has 0 aliphatic carbocycles. The highest BCUT2D eigenvalue weighted by atomic mass is 79.9. The van der Waals surface area contributed by atoms with E-state index in [9.17, 15) is 4.79 Å². The van der Waals surface area contributed by atoms with E-state index in [4.69, 9.17) is 9.47 Å². The highest BCUT2D eigenvalue weighted by molar-refractivity contribution is 9.10. The van der Waals surface area contributed by atoms with Crippen LogP contribution in [0.25, 0.3) is 10.9 Å². The quantitative estimate of drug-likeness (QED) is 0.321. The van der Waals surface area contributed by atoms with E-state index in [1.54, 1.807) is 31.5 Å². The second kappa shape index (κ2) is 10.2. The first-order chi connectivity index (χ1) is 15.0. The maximum atomic E-state index is 13.1. The number of aryl methyl sites for hydroxylation is 1. The normalized spacial score (nSPS) is 11.1. The predicted molar refractivity (Wildman–Crippen MR) is 129 cm³/mol. The molecule has 3 rings (SSSR count). The zero-order valence-corrected chi connectivity index (χ0v) is 19.2. The lowest BCUT2D eigenvalue weighted by Crippen LogP contribution is -2.22. The van der Waals surface area contributed by atoms with Gasteiger partial charge in [-0.25, -0.2) is 4.98 Å². The Morgan fingerprint density at radius 1 is 1.23 bits per heavy atom. The average molecular weight is 482 g/mol. The van der Waals surface area contributed by atoms with Gasteiger partial charge in [0.2, 0.25) is 0 Å². The second-order valence-corrected chi connectivity index (χ2v) is 7.62. The van der Waals surface area contributed by atoms with Crippen LogP contribution in [0.4, 0.5) is 0 Å². The smallest absolute Gasteiger partial charge is 0.282 e.